The zero-order chi connectivity index (χ0) is 10.3. The van der Waals surface area contributed by atoms with Crippen LogP contribution in [-0.4, -0.2) is 14.8 Å². The van der Waals surface area contributed by atoms with E-state index in [2.05, 4.69) is 33.1 Å². The zero-order valence-electron chi connectivity index (χ0n) is 8.68. The molecule has 1 aliphatic rings. The zero-order valence-corrected chi connectivity index (χ0v) is 9.50. The summed E-state index contributed by atoms with van der Waals surface area (Å²) in [6, 6.07) is 4.13. The van der Waals surface area contributed by atoms with Crippen molar-refractivity contribution in [3.8, 4) is 10.7 Å². The van der Waals surface area contributed by atoms with E-state index in [1.807, 2.05) is 6.07 Å². The molecule has 0 aromatic carbocycles. The molecule has 0 saturated heterocycles. The predicted octanol–water partition coefficient (Wildman–Crippen LogP) is 2.90. The summed E-state index contributed by atoms with van der Waals surface area (Å²) >= 11 is 1.70. The molecule has 3 heterocycles. The highest BCUT2D eigenvalue weighted by atomic mass is 32.1. The van der Waals surface area contributed by atoms with Gasteiger partial charge in [-0.1, -0.05) is 13.0 Å². The number of hydrogen-bond donors (Lipinski definition) is 0. The molecule has 0 bridgehead atoms. The van der Waals surface area contributed by atoms with Gasteiger partial charge in [-0.3, -0.25) is 0 Å². The van der Waals surface area contributed by atoms with Crippen molar-refractivity contribution < 1.29 is 0 Å². The van der Waals surface area contributed by atoms with Crippen molar-refractivity contribution in [2.24, 2.45) is 0 Å². The minimum absolute atomic E-state index is 0.556. The van der Waals surface area contributed by atoms with Gasteiger partial charge in [0, 0.05) is 12.5 Å². The third-order valence-corrected chi connectivity index (χ3v) is 3.76. The van der Waals surface area contributed by atoms with Gasteiger partial charge >= 0.3 is 0 Å². The van der Waals surface area contributed by atoms with Gasteiger partial charge in [0.05, 0.1) is 4.88 Å². The van der Waals surface area contributed by atoms with Crippen molar-refractivity contribution in [2.45, 2.75) is 32.2 Å². The largest absolute Gasteiger partial charge is 0.249 e. The standard InChI is InChI=1S/C11H13N3S/c1-8-4-2-6-14-11(8)12-10(13-14)9-5-3-7-15-9/h3,5,7-8H,2,4,6H2,1H3. The Bertz CT molecular complexity index is 458. The lowest BCUT2D eigenvalue weighted by atomic mass is 10.0. The molecular weight excluding hydrogens is 206 g/mol. The number of aromatic nitrogens is 3. The van der Waals surface area contributed by atoms with E-state index in [0.717, 1.165) is 18.2 Å². The molecule has 0 N–H and O–H groups in total. The fourth-order valence-electron chi connectivity index (χ4n) is 2.07. The lowest BCUT2D eigenvalue weighted by Gasteiger charge is -2.17. The molecule has 2 aromatic rings. The molecule has 1 atom stereocenters. The normalized spacial score (nSPS) is 20.2. The quantitative estimate of drug-likeness (QED) is 0.738. The third-order valence-electron chi connectivity index (χ3n) is 2.89. The molecule has 0 radical (unpaired) electrons. The molecule has 1 unspecified atom stereocenters. The van der Waals surface area contributed by atoms with Crippen LogP contribution in [0.4, 0.5) is 0 Å². The van der Waals surface area contributed by atoms with Crippen molar-refractivity contribution in [1.29, 1.82) is 0 Å². The van der Waals surface area contributed by atoms with Crippen LogP contribution in [0.2, 0.25) is 0 Å². The molecule has 0 aliphatic carbocycles. The van der Waals surface area contributed by atoms with Gasteiger partial charge in [0.25, 0.3) is 0 Å². The average molecular weight is 219 g/mol. The lowest BCUT2D eigenvalue weighted by Crippen LogP contribution is -2.14. The van der Waals surface area contributed by atoms with Crippen molar-refractivity contribution >= 4 is 11.3 Å². The summed E-state index contributed by atoms with van der Waals surface area (Å²) in [5.41, 5.74) is 0. The highest BCUT2D eigenvalue weighted by Crippen LogP contribution is 2.28. The van der Waals surface area contributed by atoms with Gasteiger partial charge in [0.2, 0.25) is 0 Å². The van der Waals surface area contributed by atoms with Gasteiger partial charge in [0.15, 0.2) is 5.82 Å². The van der Waals surface area contributed by atoms with Crippen LogP contribution in [0.15, 0.2) is 17.5 Å². The summed E-state index contributed by atoms with van der Waals surface area (Å²) < 4.78 is 2.07. The molecule has 4 heteroatoms. The minimum Gasteiger partial charge on any atom is -0.249 e. The van der Waals surface area contributed by atoms with Crippen molar-refractivity contribution in [3.63, 3.8) is 0 Å². The molecule has 3 rings (SSSR count). The van der Waals surface area contributed by atoms with E-state index in [-0.39, 0.29) is 0 Å². The van der Waals surface area contributed by atoms with Crippen molar-refractivity contribution in [1.82, 2.24) is 14.8 Å². The van der Waals surface area contributed by atoms with Gasteiger partial charge in [-0.15, -0.1) is 16.4 Å². The Labute approximate surface area is 92.8 Å². The maximum atomic E-state index is 4.64. The van der Waals surface area contributed by atoms with Gasteiger partial charge < -0.3 is 0 Å². The molecule has 0 fully saturated rings. The second-order valence-electron chi connectivity index (χ2n) is 4.04. The summed E-state index contributed by atoms with van der Waals surface area (Å²) in [6.07, 6.45) is 2.46. The van der Waals surface area contributed by atoms with Crippen LogP contribution in [0.5, 0.6) is 0 Å². The fourth-order valence-corrected chi connectivity index (χ4v) is 2.72. The summed E-state index contributed by atoms with van der Waals surface area (Å²) in [7, 11) is 0. The number of rotatable bonds is 1. The summed E-state index contributed by atoms with van der Waals surface area (Å²) in [4.78, 5) is 5.81. The molecular formula is C11H13N3S. The second kappa shape index (κ2) is 3.45. The first-order chi connectivity index (χ1) is 7.34. The SMILES string of the molecule is CC1CCCn2nc(-c3cccs3)nc21. The minimum atomic E-state index is 0.556. The Morgan fingerprint density at radius 2 is 2.47 bits per heavy atom. The monoisotopic (exact) mass is 219 g/mol. The summed E-state index contributed by atoms with van der Waals surface area (Å²) in [5, 5.41) is 6.63. The molecule has 78 valence electrons. The van der Waals surface area contributed by atoms with Crippen LogP contribution in [0.25, 0.3) is 10.7 Å². The summed E-state index contributed by atoms with van der Waals surface area (Å²) in [6.45, 7) is 3.26. The van der Waals surface area contributed by atoms with Crippen molar-refractivity contribution in [3.05, 3.63) is 23.3 Å². The molecule has 0 amide bonds. The number of aryl methyl sites for hydroxylation is 1. The Morgan fingerprint density at radius 3 is 3.20 bits per heavy atom. The molecule has 2 aromatic heterocycles. The van der Waals surface area contributed by atoms with Crippen LogP contribution < -0.4 is 0 Å². The van der Waals surface area contributed by atoms with E-state index in [9.17, 15) is 0 Å². The Morgan fingerprint density at radius 1 is 1.53 bits per heavy atom. The van der Waals surface area contributed by atoms with E-state index in [0.29, 0.717) is 5.92 Å². The molecule has 3 nitrogen and oxygen atoms in total. The van der Waals surface area contributed by atoms with Crippen LogP contribution in [0.3, 0.4) is 0 Å². The van der Waals surface area contributed by atoms with Crippen LogP contribution >= 0.6 is 11.3 Å². The lowest BCUT2D eigenvalue weighted by molar-refractivity contribution is 0.432. The van der Waals surface area contributed by atoms with Crippen LogP contribution in [-0.2, 0) is 6.54 Å². The highest BCUT2D eigenvalue weighted by Gasteiger charge is 2.21. The molecule has 15 heavy (non-hydrogen) atoms. The van der Waals surface area contributed by atoms with E-state index >= 15 is 0 Å². The highest BCUT2D eigenvalue weighted by molar-refractivity contribution is 7.13. The Hall–Kier alpha value is -1.16. The molecule has 1 aliphatic heterocycles. The van der Waals surface area contributed by atoms with Gasteiger partial charge in [-0.05, 0) is 24.3 Å². The number of nitrogens with zero attached hydrogens (tertiary/aromatic N) is 3. The fraction of sp³-hybridized carbons (Fsp3) is 0.455. The van der Waals surface area contributed by atoms with Gasteiger partial charge in [0.1, 0.15) is 5.82 Å². The predicted molar refractivity (Wildman–Crippen MR) is 61.0 cm³/mol. The Kier molecular flexibility index (Phi) is 2.09. The topological polar surface area (TPSA) is 30.7 Å². The van der Waals surface area contributed by atoms with E-state index in [1.54, 1.807) is 11.3 Å². The van der Waals surface area contributed by atoms with E-state index in [4.69, 9.17) is 0 Å². The number of fused-ring (bicyclic) bond motifs is 1. The van der Waals surface area contributed by atoms with Crippen molar-refractivity contribution in [2.75, 3.05) is 0 Å². The third kappa shape index (κ3) is 1.49. The first-order valence-electron chi connectivity index (χ1n) is 5.33. The first-order valence-corrected chi connectivity index (χ1v) is 6.21. The van der Waals surface area contributed by atoms with E-state index < -0.39 is 0 Å². The molecule has 0 saturated carbocycles. The van der Waals surface area contributed by atoms with Gasteiger partial charge in [-0.25, -0.2) is 9.67 Å². The summed E-state index contributed by atoms with van der Waals surface area (Å²) in [5.74, 6) is 2.61. The van der Waals surface area contributed by atoms with Crippen LogP contribution in [0, 0.1) is 0 Å². The maximum Gasteiger partial charge on any atom is 0.191 e. The van der Waals surface area contributed by atoms with Gasteiger partial charge in [-0.2, -0.15) is 0 Å². The number of thiophene rings is 1. The Balaban J connectivity index is 2.06. The average Bonchev–Trinajstić information content (AvgIpc) is 2.86. The maximum absolute atomic E-state index is 4.64. The first kappa shape index (κ1) is 9.09. The molecule has 0 spiro atoms. The van der Waals surface area contributed by atoms with E-state index in [1.165, 1.54) is 17.7 Å². The van der Waals surface area contributed by atoms with Crippen LogP contribution in [0.1, 0.15) is 31.5 Å². The smallest absolute Gasteiger partial charge is 0.191 e. The second-order valence-corrected chi connectivity index (χ2v) is 4.99. The number of hydrogen-bond acceptors (Lipinski definition) is 3.